The second kappa shape index (κ2) is 7.74. The highest BCUT2D eigenvalue weighted by atomic mass is 15.2. The summed E-state index contributed by atoms with van der Waals surface area (Å²) in [6.07, 6.45) is 0. The topological polar surface area (TPSA) is 29.0 Å². The maximum Gasteiger partial charge on any atom is 0.165 e. The number of anilines is 3. The minimum atomic E-state index is 0.838. The van der Waals surface area contributed by atoms with Crippen molar-refractivity contribution in [3.8, 4) is 22.4 Å². The molecule has 1 aliphatic rings. The van der Waals surface area contributed by atoms with Gasteiger partial charge in [0, 0.05) is 16.5 Å². The van der Waals surface area contributed by atoms with Crippen LogP contribution in [-0.4, -0.2) is 9.97 Å². The van der Waals surface area contributed by atoms with Gasteiger partial charge in [-0.1, -0.05) is 103 Å². The molecule has 0 fully saturated rings. The van der Waals surface area contributed by atoms with Crippen molar-refractivity contribution in [2.75, 3.05) is 4.90 Å². The van der Waals surface area contributed by atoms with Crippen LogP contribution in [0.3, 0.4) is 0 Å². The molecule has 1 aliphatic heterocycles. The number of hydrogen-bond acceptors (Lipinski definition) is 3. The molecule has 0 amide bonds. The number of para-hydroxylation sites is 3. The first-order chi connectivity index (χ1) is 18.4. The van der Waals surface area contributed by atoms with Gasteiger partial charge in [0.05, 0.1) is 22.4 Å². The van der Waals surface area contributed by atoms with Crippen molar-refractivity contribution in [3.05, 3.63) is 127 Å². The fourth-order valence-electron chi connectivity index (χ4n) is 5.75. The predicted octanol–water partition coefficient (Wildman–Crippen LogP) is 9.05. The minimum Gasteiger partial charge on any atom is -0.292 e. The van der Waals surface area contributed by atoms with E-state index in [0.29, 0.717) is 0 Å². The van der Waals surface area contributed by atoms with E-state index in [4.69, 9.17) is 9.97 Å². The van der Waals surface area contributed by atoms with Gasteiger partial charge in [-0.15, -0.1) is 0 Å². The summed E-state index contributed by atoms with van der Waals surface area (Å²) in [5, 5.41) is 4.81. The van der Waals surface area contributed by atoms with Crippen molar-refractivity contribution < 1.29 is 0 Å². The maximum atomic E-state index is 5.30. The Hall–Kier alpha value is -5.02. The largest absolute Gasteiger partial charge is 0.292 e. The molecule has 0 bridgehead atoms. The first-order valence-corrected chi connectivity index (χ1v) is 12.5. The lowest BCUT2D eigenvalue weighted by molar-refractivity contribution is 1.18. The third-order valence-electron chi connectivity index (χ3n) is 7.37. The van der Waals surface area contributed by atoms with Crippen LogP contribution in [0, 0.1) is 0 Å². The monoisotopic (exact) mass is 471 g/mol. The van der Waals surface area contributed by atoms with E-state index in [0.717, 1.165) is 39.5 Å². The number of aromatic nitrogens is 2. The van der Waals surface area contributed by atoms with Crippen LogP contribution in [0.4, 0.5) is 17.2 Å². The van der Waals surface area contributed by atoms with E-state index >= 15 is 0 Å². The summed E-state index contributed by atoms with van der Waals surface area (Å²) in [5.41, 5.74) is 8.41. The maximum absolute atomic E-state index is 5.30. The molecule has 6 aromatic carbocycles. The number of fused-ring (bicyclic) bond motifs is 4. The Morgan fingerprint density at radius 2 is 1.03 bits per heavy atom. The molecule has 8 rings (SSSR count). The highest BCUT2D eigenvalue weighted by Crippen LogP contribution is 2.52. The van der Waals surface area contributed by atoms with Gasteiger partial charge < -0.3 is 0 Å². The summed E-state index contributed by atoms with van der Waals surface area (Å²) in [4.78, 5) is 12.9. The van der Waals surface area contributed by atoms with Gasteiger partial charge in [0.2, 0.25) is 0 Å². The molecule has 0 atom stereocenters. The summed E-state index contributed by atoms with van der Waals surface area (Å²) in [5.74, 6) is 0.838. The molecule has 172 valence electrons. The lowest BCUT2D eigenvalue weighted by atomic mass is 9.91. The first-order valence-electron chi connectivity index (χ1n) is 12.5. The van der Waals surface area contributed by atoms with Gasteiger partial charge in [-0.05, 0) is 46.0 Å². The highest BCUT2D eigenvalue weighted by molar-refractivity contribution is 6.14. The number of rotatable bonds is 2. The second-order valence-corrected chi connectivity index (χ2v) is 9.44. The van der Waals surface area contributed by atoms with Crippen LogP contribution in [0.1, 0.15) is 0 Å². The van der Waals surface area contributed by atoms with Crippen molar-refractivity contribution in [1.82, 2.24) is 9.97 Å². The summed E-state index contributed by atoms with van der Waals surface area (Å²) in [6, 6.07) is 44.7. The van der Waals surface area contributed by atoms with E-state index in [2.05, 4.69) is 108 Å². The molecule has 3 nitrogen and oxygen atoms in total. The molecule has 7 aromatic rings. The van der Waals surface area contributed by atoms with Crippen molar-refractivity contribution in [3.63, 3.8) is 0 Å². The molecule has 0 spiro atoms. The third kappa shape index (κ3) is 2.95. The van der Waals surface area contributed by atoms with Crippen LogP contribution in [0.5, 0.6) is 0 Å². The lowest BCUT2D eigenvalue weighted by Gasteiger charge is -2.33. The van der Waals surface area contributed by atoms with Crippen LogP contribution in [0.15, 0.2) is 127 Å². The molecule has 0 unspecified atom stereocenters. The molecular weight excluding hydrogens is 450 g/mol. The Bertz CT molecular complexity index is 2000. The zero-order valence-corrected chi connectivity index (χ0v) is 20.0. The van der Waals surface area contributed by atoms with Gasteiger partial charge >= 0.3 is 0 Å². The van der Waals surface area contributed by atoms with Gasteiger partial charge in [0.15, 0.2) is 5.82 Å². The zero-order chi connectivity index (χ0) is 24.3. The minimum absolute atomic E-state index is 0.838. The lowest BCUT2D eigenvalue weighted by Crippen LogP contribution is -2.18. The Labute approximate surface area is 214 Å². The van der Waals surface area contributed by atoms with Crippen molar-refractivity contribution in [2.45, 2.75) is 0 Å². The van der Waals surface area contributed by atoms with E-state index < -0.39 is 0 Å². The quantitative estimate of drug-likeness (QED) is 0.252. The van der Waals surface area contributed by atoms with Crippen molar-refractivity contribution in [1.29, 1.82) is 0 Å². The molecule has 0 saturated heterocycles. The molecular formula is C34H21N3. The van der Waals surface area contributed by atoms with Gasteiger partial charge in [-0.25, -0.2) is 9.97 Å². The highest BCUT2D eigenvalue weighted by Gasteiger charge is 2.29. The second-order valence-electron chi connectivity index (χ2n) is 9.44. The van der Waals surface area contributed by atoms with E-state index in [-0.39, 0.29) is 0 Å². The Balaban J connectivity index is 1.53. The van der Waals surface area contributed by atoms with Crippen LogP contribution in [-0.2, 0) is 0 Å². The smallest absolute Gasteiger partial charge is 0.165 e. The van der Waals surface area contributed by atoms with Gasteiger partial charge in [0.25, 0.3) is 0 Å². The van der Waals surface area contributed by atoms with Gasteiger partial charge in [-0.3, -0.25) is 4.90 Å². The van der Waals surface area contributed by atoms with Crippen LogP contribution in [0.2, 0.25) is 0 Å². The molecule has 0 radical (unpaired) electrons. The van der Waals surface area contributed by atoms with E-state index in [1.165, 1.54) is 32.7 Å². The SMILES string of the molecule is c1ccc2c(c1)-c1cccc3cccc(c13)N2c1nc2ccccc2nc1-c1cccc2ccccc12. The van der Waals surface area contributed by atoms with Gasteiger partial charge in [0.1, 0.15) is 5.69 Å². The number of nitrogens with zero attached hydrogens (tertiary/aromatic N) is 3. The molecule has 0 N–H and O–H groups in total. The molecule has 2 heterocycles. The summed E-state index contributed by atoms with van der Waals surface area (Å²) in [6.45, 7) is 0. The van der Waals surface area contributed by atoms with Crippen LogP contribution < -0.4 is 4.90 Å². The Kier molecular flexibility index (Phi) is 4.23. The summed E-state index contributed by atoms with van der Waals surface area (Å²) >= 11 is 0. The number of hydrogen-bond donors (Lipinski definition) is 0. The van der Waals surface area contributed by atoms with E-state index in [1.807, 2.05) is 24.3 Å². The van der Waals surface area contributed by atoms with E-state index in [1.54, 1.807) is 0 Å². The molecule has 0 aliphatic carbocycles. The third-order valence-corrected chi connectivity index (χ3v) is 7.37. The fourth-order valence-corrected chi connectivity index (χ4v) is 5.75. The number of benzene rings is 6. The average Bonchev–Trinajstić information content (AvgIpc) is 2.97. The summed E-state index contributed by atoms with van der Waals surface area (Å²) in [7, 11) is 0. The van der Waals surface area contributed by atoms with Crippen molar-refractivity contribution >= 4 is 49.8 Å². The Morgan fingerprint density at radius 3 is 1.92 bits per heavy atom. The van der Waals surface area contributed by atoms with Crippen molar-refractivity contribution in [2.24, 2.45) is 0 Å². The zero-order valence-electron chi connectivity index (χ0n) is 20.0. The average molecular weight is 472 g/mol. The molecule has 3 heteroatoms. The standard InChI is InChI=1S/C34H21N3/c1-2-14-24-22(10-1)11-7-17-27(24)33-34(36-29-19-5-4-18-28(29)35-33)37-30-20-6-3-15-25(30)26-16-8-12-23-13-9-21-31(37)32(23)26/h1-21H. The summed E-state index contributed by atoms with van der Waals surface area (Å²) < 4.78 is 0. The predicted molar refractivity (Wildman–Crippen MR) is 154 cm³/mol. The van der Waals surface area contributed by atoms with Gasteiger partial charge in [-0.2, -0.15) is 0 Å². The van der Waals surface area contributed by atoms with Crippen LogP contribution in [0.25, 0.3) is 55.0 Å². The molecule has 1 aromatic heterocycles. The molecule has 37 heavy (non-hydrogen) atoms. The fraction of sp³-hybridized carbons (Fsp3) is 0. The molecule has 0 saturated carbocycles. The normalized spacial score (nSPS) is 12.3. The van der Waals surface area contributed by atoms with E-state index in [9.17, 15) is 0 Å². The Morgan fingerprint density at radius 1 is 0.432 bits per heavy atom. The van der Waals surface area contributed by atoms with Crippen LogP contribution >= 0.6 is 0 Å². The first kappa shape index (κ1) is 20.2.